The van der Waals surface area contributed by atoms with Crippen molar-refractivity contribution in [2.75, 3.05) is 13.2 Å². The summed E-state index contributed by atoms with van der Waals surface area (Å²) in [6.45, 7) is -8.68. The number of halogens is 28. The Hall–Kier alpha value is -0.195. The van der Waals surface area contributed by atoms with E-state index < -0.39 is 97.1 Å². The van der Waals surface area contributed by atoms with Crippen molar-refractivity contribution in [3.05, 3.63) is 0 Å². The molecule has 0 saturated heterocycles. The molecular formula is C16H6F28ORb. The van der Waals surface area contributed by atoms with E-state index in [4.69, 9.17) is 0 Å². The van der Waals surface area contributed by atoms with Crippen LogP contribution in [0.25, 0.3) is 0 Å². The standard InChI is InChI=1S/C16H6F28O.Rb/c17-3(18)7(25,26)11(33,34)15(41,42)13(37,38)9(29,30)5(21,22)1-45-2-6(23,24)10(31,32)14(39,40)16(43,44)12(35,36)8(27,28)4(19)20;/h3-4H,1-2H2;. The molecule has 0 aliphatic rings. The van der Waals surface area contributed by atoms with Gasteiger partial charge in [-0.05, 0) is 0 Å². The molecule has 0 bridgehead atoms. The molecule has 0 aliphatic carbocycles. The zero-order valence-electron chi connectivity index (χ0n) is 20.6. The predicted octanol–water partition coefficient (Wildman–Crippen LogP) is 8.78. The van der Waals surface area contributed by atoms with Gasteiger partial charge >= 0.3 is 83.9 Å². The van der Waals surface area contributed by atoms with Crippen LogP contribution in [0.1, 0.15) is 0 Å². The quantitative estimate of drug-likeness (QED) is 0.142. The number of alkyl halides is 28. The smallest absolute Gasteiger partial charge is 0.368 e. The van der Waals surface area contributed by atoms with Gasteiger partial charge in [0.2, 0.25) is 0 Å². The van der Waals surface area contributed by atoms with E-state index in [1.165, 1.54) is 0 Å². The first-order valence-electron chi connectivity index (χ1n) is 9.77. The van der Waals surface area contributed by atoms with Gasteiger partial charge in [-0.2, -0.15) is 105 Å². The average Bonchev–Trinajstić information content (AvgIpc) is 2.82. The molecule has 0 amide bonds. The van der Waals surface area contributed by atoms with Crippen LogP contribution in [-0.2, 0) is 4.74 Å². The van der Waals surface area contributed by atoms with Crippen molar-refractivity contribution in [1.82, 2.24) is 0 Å². The molecule has 0 spiro atoms. The summed E-state index contributed by atoms with van der Waals surface area (Å²) in [7, 11) is 0. The molecule has 0 aromatic rings. The molecule has 0 N–H and O–H groups in total. The van der Waals surface area contributed by atoms with Crippen molar-refractivity contribution in [2.45, 2.75) is 83.9 Å². The van der Waals surface area contributed by atoms with Crippen LogP contribution in [0.2, 0.25) is 0 Å². The van der Waals surface area contributed by atoms with E-state index in [1.807, 2.05) is 0 Å². The van der Waals surface area contributed by atoms with Gasteiger partial charge in [-0.15, -0.1) is 0 Å². The molecule has 0 rings (SSSR count). The summed E-state index contributed by atoms with van der Waals surface area (Å²) in [6, 6.07) is 0. The van der Waals surface area contributed by atoms with Crippen molar-refractivity contribution >= 4 is 58.2 Å². The van der Waals surface area contributed by atoms with Crippen LogP contribution in [0.5, 0.6) is 0 Å². The van der Waals surface area contributed by atoms with E-state index >= 15 is 0 Å². The summed E-state index contributed by atoms with van der Waals surface area (Å²) in [5, 5.41) is 0. The molecule has 1 radical (unpaired) electrons. The van der Waals surface area contributed by atoms with Crippen molar-refractivity contribution in [3.63, 3.8) is 0 Å². The van der Waals surface area contributed by atoms with Gasteiger partial charge in [-0.25, -0.2) is 17.6 Å². The molecule has 0 aromatic heterocycles. The normalized spacial score (nSPS) is 16.3. The number of rotatable bonds is 16. The maximum atomic E-state index is 13.5. The molecule has 1 nitrogen and oxygen atoms in total. The van der Waals surface area contributed by atoms with Crippen molar-refractivity contribution in [1.29, 1.82) is 0 Å². The summed E-state index contributed by atoms with van der Waals surface area (Å²) in [5.41, 5.74) is 0. The van der Waals surface area contributed by atoms with Crippen LogP contribution in [0, 0.1) is 0 Å². The van der Waals surface area contributed by atoms with Crippen molar-refractivity contribution in [2.24, 2.45) is 0 Å². The van der Waals surface area contributed by atoms with Gasteiger partial charge in [0.25, 0.3) is 0 Å². The molecule has 0 unspecified atom stereocenters. The molecule has 273 valence electrons. The third kappa shape index (κ3) is 6.66. The van der Waals surface area contributed by atoms with Crippen LogP contribution in [0.15, 0.2) is 0 Å². The maximum absolute atomic E-state index is 13.5. The second-order valence-electron chi connectivity index (χ2n) is 8.34. The van der Waals surface area contributed by atoms with E-state index in [9.17, 15) is 123 Å². The van der Waals surface area contributed by atoms with E-state index in [0.717, 1.165) is 0 Å². The summed E-state index contributed by atoms with van der Waals surface area (Å²) in [5.74, 6) is -99.0. The van der Waals surface area contributed by atoms with E-state index in [0.29, 0.717) is 0 Å². The molecule has 0 saturated carbocycles. The Balaban J connectivity index is 0. The first-order chi connectivity index (χ1) is 19.1. The van der Waals surface area contributed by atoms with E-state index in [2.05, 4.69) is 4.74 Å². The molecule has 46 heavy (non-hydrogen) atoms. The average molecular weight is 832 g/mol. The third-order valence-electron chi connectivity index (χ3n) is 5.24. The second-order valence-corrected chi connectivity index (χ2v) is 8.34. The van der Waals surface area contributed by atoms with Gasteiger partial charge in [0, 0.05) is 58.2 Å². The van der Waals surface area contributed by atoms with Gasteiger partial charge in [0.15, 0.2) is 0 Å². The topological polar surface area (TPSA) is 9.23 Å². The Morgan fingerprint density at radius 1 is 0.304 bits per heavy atom. The van der Waals surface area contributed by atoms with Gasteiger partial charge in [0.05, 0.1) is 0 Å². The predicted molar refractivity (Wildman–Crippen MR) is 87.9 cm³/mol. The van der Waals surface area contributed by atoms with Crippen molar-refractivity contribution < 1.29 is 128 Å². The Labute approximate surface area is 281 Å². The van der Waals surface area contributed by atoms with Crippen LogP contribution in [-0.4, -0.2) is 155 Å². The summed E-state index contributed by atoms with van der Waals surface area (Å²) in [6.07, 6.45) is -12.2. The Bertz CT molecular complexity index is 951. The molecule has 30 heteroatoms. The fraction of sp³-hybridized carbons (Fsp3) is 1.00. The Morgan fingerprint density at radius 3 is 0.652 bits per heavy atom. The largest absolute Gasteiger partial charge is 0.384 e. The van der Waals surface area contributed by atoms with Gasteiger partial charge in [0.1, 0.15) is 13.2 Å². The molecule has 0 atom stereocenters. The summed E-state index contributed by atoms with van der Waals surface area (Å²) in [4.78, 5) is 0. The number of hydrogen-bond acceptors (Lipinski definition) is 1. The molecule has 0 aliphatic heterocycles. The van der Waals surface area contributed by atoms with Gasteiger partial charge in [-0.3, -0.25) is 0 Å². The molecule has 0 fully saturated rings. The van der Waals surface area contributed by atoms with Crippen LogP contribution in [0.4, 0.5) is 123 Å². The SMILES string of the molecule is FC(F)C(F)(F)C(F)(F)C(F)(F)C(F)(F)C(F)(F)C(F)(F)COCC(F)(F)C(F)(F)C(F)(F)C(F)(F)C(F)(F)C(F)(F)C(F)F.[Rb]. The van der Waals surface area contributed by atoms with Crippen LogP contribution in [0.3, 0.4) is 0 Å². The Kier molecular flexibility index (Phi) is 13.7. The summed E-state index contributed by atoms with van der Waals surface area (Å²) >= 11 is 0. The zero-order chi connectivity index (χ0) is 37.3. The van der Waals surface area contributed by atoms with Gasteiger partial charge < -0.3 is 4.74 Å². The maximum Gasteiger partial charge on any atom is 0.384 e. The monoisotopic (exact) mass is 831 g/mol. The first kappa shape index (κ1) is 47.9. The van der Waals surface area contributed by atoms with Crippen molar-refractivity contribution in [3.8, 4) is 0 Å². The molecule has 0 aromatic carbocycles. The minimum Gasteiger partial charge on any atom is -0.368 e. The minimum atomic E-state index is -8.71. The summed E-state index contributed by atoms with van der Waals surface area (Å²) < 4.78 is 368. The molecular weight excluding hydrogens is 826 g/mol. The third-order valence-corrected chi connectivity index (χ3v) is 5.24. The Morgan fingerprint density at radius 2 is 0.478 bits per heavy atom. The van der Waals surface area contributed by atoms with Crippen LogP contribution < -0.4 is 0 Å². The second kappa shape index (κ2) is 13.2. The fourth-order valence-electron chi connectivity index (χ4n) is 2.43. The van der Waals surface area contributed by atoms with E-state index in [-0.39, 0.29) is 58.2 Å². The minimum absolute atomic E-state index is 0. The van der Waals surface area contributed by atoms with Gasteiger partial charge in [-0.1, -0.05) is 0 Å². The number of ether oxygens (including phenoxy) is 1. The van der Waals surface area contributed by atoms with Crippen LogP contribution >= 0.6 is 0 Å². The first-order valence-corrected chi connectivity index (χ1v) is 9.77. The zero-order valence-corrected chi connectivity index (χ0v) is 25.5. The van der Waals surface area contributed by atoms with E-state index in [1.54, 1.807) is 0 Å². The molecule has 0 heterocycles. The fourth-order valence-corrected chi connectivity index (χ4v) is 2.43. The number of hydrogen-bond donors (Lipinski definition) is 0.